The van der Waals surface area contributed by atoms with Crippen molar-refractivity contribution in [2.24, 2.45) is 0 Å². The summed E-state index contributed by atoms with van der Waals surface area (Å²) in [5, 5.41) is 0. The number of methoxy groups -OCH3 is 1. The Bertz CT molecular complexity index is 289. The van der Waals surface area contributed by atoms with Crippen molar-refractivity contribution in [2.45, 2.75) is 13.5 Å². The lowest BCUT2D eigenvalue weighted by atomic mass is 10.3. The van der Waals surface area contributed by atoms with E-state index in [1.165, 1.54) is 7.11 Å². The van der Waals surface area contributed by atoms with Crippen molar-refractivity contribution >= 4 is 5.97 Å². The fourth-order valence-electron chi connectivity index (χ4n) is 0.943. The maximum Gasteiger partial charge on any atom is 0.372 e. The van der Waals surface area contributed by atoms with Gasteiger partial charge in [0.05, 0.1) is 7.11 Å². The highest BCUT2D eigenvalue weighted by atomic mass is 35.5. The largest absolute Gasteiger partial charge is 1.00 e. The molecule has 0 fully saturated rings. The molecule has 0 spiro atoms. The summed E-state index contributed by atoms with van der Waals surface area (Å²) in [5.74, 6) is -0.228. The van der Waals surface area contributed by atoms with Crippen molar-refractivity contribution in [3.05, 3.63) is 30.1 Å². The minimum absolute atomic E-state index is 0. The van der Waals surface area contributed by atoms with E-state index in [4.69, 9.17) is 0 Å². The van der Waals surface area contributed by atoms with Crippen LogP contribution in [-0.2, 0) is 16.1 Å². The van der Waals surface area contributed by atoms with Crippen LogP contribution in [0.3, 0.4) is 0 Å². The van der Waals surface area contributed by atoms with Crippen molar-refractivity contribution in [3.8, 4) is 0 Å². The Hall–Kier alpha value is -1.09. The average Bonchev–Trinajstić information content (AvgIpc) is 2.09. The van der Waals surface area contributed by atoms with Gasteiger partial charge in [-0.1, -0.05) is 6.07 Å². The highest BCUT2D eigenvalue weighted by Gasteiger charge is 2.10. The summed E-state index contributed by atoms with van der Waals surface area (Å²) >= 11 is 0. The third-order valence-electron chi connectivity index (χ3n) is 1.69. The van der Waals surface area contributed by atoms with Crippen molar-refractivity contribution in [1.82, 2.24) is 0 Å². The lowest BCUT2D eigenvalue weighted by Crippen LogP contribution is -3.00. The van der Waals surface area contributed by atoms with E-state index in [1.54, 1.807) is 0 Å². The number of carbonyl (C=O) groups excluding carboxylic acids is 1. The number of aromatic nitrogens is 1. The van der Waals surface area contributed by atoms with Crippen LogP contribution in [0.25, 0.3) is 0 Å². The van der Waals surface area contributed by atoms with Crippen LogP contribution in [0.5, 0.6) is 0 Å². The van der Waals surface area contributed by atoms with Crippen LogP contribution in [0.15, 0.2) is 24.4 Å². The molecule has 0 amide bonds. The van der Waals surface area contributed by atoms with Gasteiger partial charge in [-0.05, 0) is 0 Å². The Morgan fingerprint density at radius 3 is 2.77 bits per heavy atom. The van der Waals surface area contributed by atoms with Gasteiger partial charge in [-0.25, -0.2) is 4.79 Å². The minimum atomic E-state index is -0.228. The topological polar surface area (TPSA) is 30.2 Å². The van der Waals surface area contributed by atoms with E-state index in [9.17, 15) is 4.79 Å². The fraction of sp³-hybridized carbons (Fsp3) is 0.333. The summed E-state index contributed by atoms with van der Waals surface area (Å²) in [6.45, 7) is 2.23. The zero-order chi connectivity index (χ0) is 8.97. The molecule has 1 heterocycles. The van der Waals surface area contributed by atoms with Crippen LogP contribution in [-0.4, -0.2) is 13.1 Å². The molecule has 0 bridgehead atoms. The van der Waals surface area contributed by atoms with E-state index in [2.05, 4.69) is 4.74 Å². The van der Waals surface area contributed by atoms with Crippen molar-refractivity contribution in [2.75, 3.05) is 7.11 Å². The molecule has 3 nitrogen and oxygen atoms in total. The third kappa shape index (κ3) is 3.42. The van der Waals surface area contributed by atoms with E-state index in [1.807, 2.05) is 35.9 Å². The second-order valence-corrected chi connectivity index (χ2v) is 2.55. The van der Waals surface area contributed by atoms with Gasteiger partial charge in [0.15, 0.2) is 11.9 Å². The standard InChI is InChI=1S/C9H12NO2.ClH/c1-8-5-3-4-6-10(8)7-9(11)12-2;/h3-6H,7H2,1-2H3;1H/q+1;/p-1. The Balaban J connectivity index is 0.00000144. The zero-order valence-electron chi connectivity index (χ0n) is 7.66. The van der Waals surface area contributed by atoms with Crippen molar-refractivity contribution < 1.29 is 26.5 Å². The predicted molar refractivity (Wildman–Crippen MR) is 43.4 cm³/mol. The molecular weight excluding hydrogens is 190 g/mol. The molecule has 1 aromatic rings. The van der Waals surface area contributed by atoms with E-state index < -0.39 is 0 Å². The molecule has 0 saturated heterocycles. The van der Waals surface area contributed by atoms with Gasteiger partial charge in [0.1, 0.15) is 0 Å². The molecule has 13 heavy (non-hydrogen) atoms. The van der Waals surface area contributed by atoms with Crippen LogP contribution < -0.4 is 17.0 Å². The van der Waals surface area contributed by atoms with E-state index in [0.29, 0.717) is 0 Å². The molecule has 72 valence electrons. The second-order valence-electron chi connectivity index (χ2n) is 2.55. The second kappa shape index (κ2) is 5.54. The van der Waals surface area contributed by atoms with Gasteiger partial charge in [-0.3, -0.25) is 0 Å². The number of esters is 1. The van der Waals surface area contributed by atoms with E-state index >= 15 is 0 Å². The number of hydrogen-bond acceptors (Lipinski definition) is 2. The highest BCUT2D eigenvalue weighted by Crippen LogP contribution is 1.87. The summed E-state index contributed by atoms with van der Waals surface area (Å²) < 4.78 is 6.39. The number of carbonyl (C=O) groups is 1. The van der Waals surface area contributed by atoms with Crippen LogP contribution in [0, 0.1) is 6.92 Å². The maximum absolute atomic E-state index is 10.9. The zero-order valence-corrected chi connectivity index (χ0v) is 8.41. The Morgan fingerprint density at radius 2 is 2.23 bits per heavy atom. The number of nitrogens with zero attached hydrogens (tertiary/aromatic N) is 1. The number of halogens is 1. The Labute approximate surface area is 83.7 Å². The lowest BCUT2D eigenvalue weighted by molar-refractivity contribution is -0.691. The van der Waals surface area contributed by atoms with Crippen molar-refractivity contribution in [1.29, 1.82) is 0 Å². The van der Waals surface area contributed by atoms with Crippen LogP contribution >= 0.6 is 0 Å². The third-order valence-corrected chi connectivity index (χ3v) is 1.69. The first-order chi connectivity index (χ1) is 5.74. The first-order valence-corrected chi connectivity index (χ1v) is 3.76. The normalized spacial score (nSPS) is 8.77. The summed E-state index contributed by atoms with van der Waals surface area (Å²) in [7, 11) is 1.39. The number of hydrogen-bond donors (Lipinski definition) is 0. The summed E-state index contributed by atoms with van der Waals surface area (Å²) in [4.78, 5) is 10.9. The molecule has 1 aromatic heterocycles. The Morgan fingerprint density at radius 1 is 1.54 bits per heavy atom. The van der Waals surface area contributed by atoms with Gasteiger partial charge in [-0.15, -0.1) is 0 Å². The van der Waals surface area contributed by atoms with Gasteiger partial charge in [-0.2, -0.15) is 4.57 Å². The van der Waals surface area contributed by atoms with Gasteiger partial charge in [0.25, 0.3) is 0 Å². The quantitative estimate of drug-likeness (QED) is 0.390. The summed E-state index contributed by atoms with van der Waals surface area (Å²) in [6, 6.07) is 5.77. The molecule has 0 N–H and O–H groups in total. The molecule has 0 aliphatic rings. The molecule has 4 heteroatoms. The first-order valence-electron chi connectivity index (χ1n) is 3.76. The summed E-state index contributed by atoms with van der Waals surface area (Å²) in [5.41, 5.74) is 1.04. The molecule has 0 unspecified atom stereocenters. The van der Waals surface area contributed by atoms with E-state index in [-0.39, 0.29) is 24.9 Å². The predicted octanol–water partition coefficient (Wildman–Crippen LogP) is -2.54. The fourth-order valence-corrected chi connectivity index (χ4v) is 0.943. The molecule has 0 radical (unpaired) electrons. The number of aryl methyl sites for hydroxylation is 1. The number of pyridine rings is 1. The minimum Gasteiger partial charge on any atom is -1.00 e. The average molecular weight is 202 g/mol. The highest BCUT2D eigenvalue weighted by molar-refractivity contribution is 5.67. The first kappa shape index (κ1) is 11.9. The van der Waals surface area contributed by atoms with Crippen LogP contribution in [0.2, 0.25) is 0 Å². The van der Waals surface area contributed by atoms with Gasteiger partial charge < -0.3 is 17.1 Å². The van der Waals surface area contributed by atoms with Gasteiger partial charge >= 0.3 is 5.97 Å². The molecule has 0 aromatic carbocycles. The summed E-state index contributed by atoms with van der Waals surface area (Å²) in [6.07, 6.45) is 1.85. The van der Waals surface area contributed by atoms with Gasteiger partial charge in [0, 0.05) is 19.1 Å². The Kier molecular flexibility index (Phi) is 5.07. The van der Waals surface area contributed by atoms with Gasteiger partial charge in [0.2, 0.25) is 6.54 Å². The van der Waals surface area contributed by atoms with Crippen LogP contribution in [0.1, 0.15) is 5.69 Å². The van der Waals surface area contributed by atoms with Crippen LogP contribution in [0.4, 0.5) is 0 Å². The molecular formula is C9H12ClNO2. The number of ether oxygens (including phenoxy) is 1. The molecule has 0 atom stereocenters. The van der Waals surface area contributed by atoms with E-state index in [0.717, 1.165) is 5.69 Å². The molecule has 1 rings (SSSR count). The smallest absolute Gasteiger partial charge is 0.372 e. The molecule has 0 aliphatic heterocycles. The monoisotopic (exact) mass is 201 g/mol. The molecule has 0 saturated carbocycles. The lowest BCUT2D eigenvalue weighted by Gasteiger charge is -1.97. The maximum atomic E-state index is 10.9. The van der Waals surface area contributed by atoms with Crippen molar-refractivity contribution in [3.63, 3.8) is 0 Å². The molecule has 0 aliphatic carbocycles. The SMILES string of the molecule is COC(=O)C[n+]1ccccc1C.[Cl-]. The number of rotatable bonds is 2.